The number of halogens is 3. The molecule has 0 atom stereocenters. The first-order valence-electron chi connectivity index (χ1n) is 24.2. The molecule has 10 heterocycles. The van der Waals surface area contributed by atoms with Crippen LogP contribution < -0.4 is 26.9 Å². The maximum absolute atomic E-state index is 13.1. The van der Waals surface area contributed by atoms with Gasteiger partial charge in [-0.3, -0.25) is 19.5 Å². The van der Waals surface area contributed by atoms with Gasteiger partial charge in [0.15, 0.2) is 38.9 Å². The van der Waals surface area contributed by atoms with Crippen molar-refractivity contribution in [3.05, 3.63) is 159 Å². The number of H-pyrrole nitrogens is 1. The third-order valence-corrected chi connectivity index (χ3v) is 14.9. The monoisotopic (exact) mass is 1230 g/mol. The van der Waals surface area contributed by atoms with E-state index >= 15 is 0 Å². The topological polar surface area (TPSA) is 213 Å². The summed E-state index contributed by atoms with van der Waals surface area (Å²) in [4.78, 5) is 76.9. The smallest absolute Gasteiger partial charge is 0.278 e. The third-order valence-electron chi connectivity index (χ3n) is 13.3. The van der Waals surface area contributed by atoms with Gasteiger partial charge in [0, 0.05) is 55.4 Å². The van der Waals surface area contributed by atoms with Crippen molar-refractivity contribution in [2.75, 3.05) is 56.0 Å². The van der Waals surface area contributed by atoms with Crippen molar-refractivity contribution in [2.45, 2.75) is 55.6 Å². The summed E-state index contributed by atoms with van der Waals surface area (Å²) in [6.07, 6.45) is 21.6. The predicted octanol–water partition coefficient (Wildman–Crippen LogP) is 9.06. The number of nitrogens with zero attached hydrogens (tertiary/aromatic N) is 15. The van der Waals surface area contributed by atoms with Crippen molar-refractivity contribution in [3.8, 4) is 11.6 Å². The van der Waals surface area contributed by atoms with Gasteiger partial charge in [0.05, 0.1) is 29.7 Å². The summed E-state index contributed by atoms with van der Waals surface area (Å²) in [7, 11) is 2.23. The number of piperidine rings is 2. The van der Waals surface area contributed by atoms with Gasteiger partial charge < -0.3 is 15.1 Å². The van der Waals surface area contributed by atoms with Crippen molar-refractivity contribution in [1.82, 2.24) is 73.3 Å². The number of aromatic nitrogens is 14. The molecule has 0 amide bonds. The van der Waals surface area contributed by atoms with E-state index in [0.717, 1.165) is 18.8 Å². The van der Waals surface area contributed by atoms with Crippen LogP contribution in [0.25, 0.3) is 44.7 Å². The molecule has 2 N–H and O–H groups in total. The van der Waals surface area contributed by atoms with Crippen molar-refractivity contribution in [2.24, 2.45) is 5.41 Å². The van der Waals surface area contributed by atoms with Crippen LogP contribution >= 0.6 is 70.7 Å². The second kappa shape index (κ2) is 25.2. The molecule has 77 heavy (non-hydrogen) atoms. The summed E-state index contributed by atoms with van der Waals surface area (Å²) in [5.74, 6) is 1.49. The molecule has 0 unspecified atom stereocenters. The Morgan fingerprint density at radius 3 is 1.65 bits per heavy atom. The number of aromatic amines is 1. The van der Waals surface area contributed by atoms with E-state index in [1.54, 1.807) is 76.6 Å². The van der Waals surface area contributed by atoms with E-state index in [-0.39, 0.29) is 40.7 Å². The minimum absolute atomic E-state index is 0. The number of hydrogen-bond acceptors (Lipinski definition) is 16. The zero-order valence-electron chi connectivity index (χ0n) is 42.6. The third kappa shape index (κ3) is 12.4. The molecule has 2 saturated heterocycles. The summed E-state index contributed by atoms with van der Waals surface area (Å²) < 4.78 is 7.86. The first kappa shape index (κ1) is 56.6. The number of anilines is 3. The Balaban J connectivity index is 0.000000173. The zero-order chi connectivity index (χ0) is 53.5. The minimum Gasteiger partial charge on any atom is -0.371 e. The Morgan fingerprint density at radius 2 is 1.13 bits per heavy atom. The maximum Gasteiger partial charge on any atom is 0.278 e. The molecule has 0 radical (unpaired) electrons. The van der Waals surface area contributed by atoms with Crippen molar-refractivity contribution >= 4 is 121 Å². The van der Waals surface area contributed by atoms with Crippen LogP contribution in [0.2, 0.25) is 10.0 Å². The standard InChI is InChI=1S/C29H33ClN8O.C14H12ClN5OS.C9H10N4OS.HI/c1-3-14-37-27(39)24-20-32-28(34-26(24)38(37)25-9-4-21(30)19-31-25)33-22-5-7-23(8-6-22)36-17-12-29(13-18-36)10-15-35(2)16-11-29;1-3-6-19-13(21)10-8-17-14(22-2)18-12(10)20(19)11-5-4-9(15)7-16-11;1-3-4-13-8(14)6-5-10-9(15-2)11-7(6)12-13;/h3-9,19-20H,1,10-18H2,2H3,(H,32,33,34);3-5,7-8H,1,6H2,2H3;3,5H,1,4H2,2H3,(H,10,11,12);1H. The van der Waals surface area contributed by atoms with Crippen LogP contribution in [0.1, 0.15) is 25.7 Å². The highest BCUT2D eigenvalue weighted by Crippen LogP contribution is 2.42. The van der Waals surface area contributed by atoms with Crippen molar-refractivity contribution in [3.63, 3.8) is 0 Å². The number of benzene rings is 1. The number of fused-ring (bicyclic) bond motifs is 3. The lowest BCUT2D eigenvalue weighted by atomic mass is 9.71. The molecule has 9 aromatic rings. The molecule has 8 aromatic heterocycles. The lowest BCUT2D eigenvalue weighted by molar-refractivity contribution is 0.0945. The fraction of sp³-hybridized carbons (Fsp3) is 0.288. The van der Waals surface area contributed by atoms with Gasteiger partial charge in [-0.15, -0.1) is 43.7 Å². The summed E-state index contributed by atoms with van der Waals surface area (Å²) in [5, 5.41) is 9.83. The molecule has 11 rings (SSSR count). The van der Waals surface area contributed by atoms with Gasteiger partial charge in [-0.1, -0.05) is 65.0 Å². The molecule has 0 aliphatic carbocycles. The number of rotatable bonds is 13. The fourth-order valence-electron chi connectivity index (χ4n) is 9.23. The first-order chi connectivity index (χ1) is 36.9. The highest BCUT2D eigenvalue weighted by Gasteiger charge is 2.37. The Bertz CT molecular complexity index is 3730. The van der Waals surface area contributed by atoms with Gasteiger partial charge in [0.25, 0.3) is 16.7 Å². The van der Waals surface area contributed by atoms with Crippen molar-refractivity contribution in [1.29, 1.82) is 0 Å². The molecule has 1 spiro atoms. The fourth-order valence-corrected chi connectivity index (χ4v) is 10.1. The number of nitrogens with one attached hydrogen (secondary N) is 2. The molecular weight excluding hydrogens is 1170 g/mol. The lowest BCUT2D eigenvalue weighted by Crippen LogP contribution is -2.46. The Labute approximate surface area is 478 Å². The first-order valence-corrected chi connectivity index (χ1v) is 27.4. The molecular formula is C52H56Cl2IN17O3S2. The molecule has 400 valence electrons. The van der Waals surface area contributed by atoms with Crippen LogP contribution in [0.15, 0.2) is 142 Å². The van der Waals surface area contributed by atoms with Gasteiger partial charge >= 0.3 is 0 Å². The molecule has 1 aromatic carbocycles. The van der Waals surface area contributed by atoms with Crippen LogP contribution in [-0.2, 0) is 19.6 Å². The highest BCUT2D eigenvalue weighted by atomic mass is 127. The van der Waals surface area contributed by atoms with Crippen LogP contribution in [0.5, 0.6) is 0 Å². The molecule has 0 saturated carbocycles. The van der Waals surface area contributed by atoms with Gasteiger partial charge in [0.2, 0.25) is 5.95 Å². The van der Waals surface area contributed by atoms with Gasteiger partial charge in [-0.25, -0.2) is 58.3 Å². The van der Waals surface area contributed by atoms with Crippen LogP contribution in [0.4, 0.5) is 17.3 Å². The number of allylic oxidation sites excluding steroid dienone is 3. The quantitative estimate of drug-likeness (QED) is 0.0477. The molecule has 25 heteroatoms. The number of hydrogen-bond donors (Lipinski definition) is 2. The average Bonchev–Trinajstić information content (AvgIpc) is 4.04. The average molecular weight is 1230 g/mol. The minimum atomic E-state index is -0.207. The second-order valence-electron chi connectivity index (χ2n) is 18.1. The largest absolute Gasteiger partial charge is 0.371 e. The number of pyridine rings is 2. The van der Waals surface area contributed by atoms with Crippen LogP contribution in [-0.4, -0.2) is 119 Å². The Kier molecular flexibility index (Phi) is 18.5. The van der Waals surface area contributed by atoms with Crippen LogP contribution in [0.3, 0.4) is 0 Å². The normalized spacial score (nSPS) is 14.1. The van der Waals surface area contributed by atoms with E-state index in [0.29, 0.717) is 96.1 Å². The van der Waals surface area contributed by atoms with E-state index in [9.17, 15) is 14.4 Å². The number of likely N-dealkylation sites (tertiary alicyclic amines) is 1. The molecule has 2 aliphatic heterocycles. The molecule has 0 bridgehead atoms. The predicted molar refractivity (Wildman–Crippen MR) is 320 cm³/mol. The maximum atomic E-state index is 13.1. The molecule has 20 nitrogen and oxygen atoms in total. The Hall–Kier alpha value is -6.64. The van der Waals surface area contributed by atoms with E-state index in [2.05, 4.69) is 106 Å². The van der Waals surface area contributed by atoms with E-state index < -0.39 is 0 Å². The SMILES string of the molecule is C=CCn1[nH]c2nc(SC)ncc2c1=O.C=CCn1c(=O)c2cnc(Nc3ccc(N4CCC5(CCN(C)CC5)CC4)cc3)nc2n1-c1ccc(Cl)cn1.C=CCn1c(=O)c2cnc(SC)nc2n1-c1ccc(Cl)cn1.I. The summed E-state index contributed by atoms with van der Waals surface area (Å²) in [5.41, 5.74) is 3.70. The highest BCUT2D eigenvalue weighted by molar-refractivity contribution is 14.0. The number of thioether (sulfide) groups is 2. The van der Waals surface area contributed by atoms with E-state index in [1.807, 2.05) is 12.5 Å². The second-order valence-corrected chi connectivity index (χ2v) is 20.5. The van der Waals surface area contributed by atoms with Gasteiger partial charge in [0.1, 0.15) is 16.2 Å². The lowest BCUT2D eigenvalue weighted by Gasteiger charge is -2.46. The van der Waals surface area contributed by atoms with Gasteiger partial charge in [-0.05, 0) is 112 Å². The Morgan fingerprint density at radius 1 is 0.623 bits per heavy atom. The van der Waals surface area contributed by atoms with E-state index in [4.69, 9.17) is 28.2 Å². The van der Waals surface area contributed by atoms with E-state index in [1.165, 1.54) is 88.2 Å². The summed E-state index contributed by atoms with van der Waals surface area (Å²) in [6.45, 7) is 16.8. The van der Waals surface area contributed by atoms with Gasteiger partial charge in [-0.2, -0.15) is 4.98 Å². The summed E-state index contributed by atoms with van der Waals surface area (Å²) in [6, 6.07) is 15.4. The van der Waals surface area contributed by atoms with Crippen LogP contribution in [0, 0.1) is 5.41 Å². The molecule has 2 fully saturated rings. The zero-order valence-corrected chi connectivity index (χ0v) is 48.0. The summed E-state index contributed by atoms with van der Waals surface area (Å²) >= 11 is 14.8. The molecule has 2 aliphatic rings. The van der Waals surface area contributed by atoms with Crippen molar-refractivity contribution < 1.29 is 0 Å².